The van der Waals surface area contributed by atoms with Crippen LogP contribution in [0.2, 0.25) is 0 Å². The zero-order valence-corrected chi connectivity index (χ0v) is 12.2. The molecule has 20 heavy (non-hydrogen) atoms. The Hall–Kier alpha value is -0.650. The van der Waals surface area contributed by atoms with E-state index < -0.39 is 6.10 Å². The lowest BCUT2D eigenvalue weighted by molar-refractivity contribution is -0.438. The van der Waals surface area contributed by atoms with E-state index in [9.17, 15) is 4.79 Å². The molecule has 0 amide bonds. The van der Waals surface area contributed by atoms with Crippen LogP contribution in [-0.2, 0) is 19.2 Å². The van der Waals surface area contributed by atoms with Gasteiger partial charge in [0.15, 0.2) is 6.10 Å². The molecular formula is C15H23NO4. The number of fused-ring (bicyclic) bond motifs is 1. The molecule has 7 atom stereocenters. The van der Waals surface area contributed by atoms with Gasteiger partial charge in [-0.05, 0) is 44.4 Å². The van der Waals surface area contributed by atoms with Crippen molar-refractivity contribution in [2.75, 3.05) is 7.11 Å². The largest absolute Gasteiger partial charge is 0.467 e. The number of ether oxygens (including phenoxy) is 1. The van der Waals surface area contributed by atoms with E-state index in [-0.39, 0.29) is 23.5 Å². The van der Waals surface area contributed by atoms with Gasteiger partial charge in [-0.15, -0.1) is 0 Å². The van der Waals surface area contributed by atoms with Crippen LogP contribution < -0.4 is 0 Å². The summed E-state index contributed by atoms with van der Waals surface area (Å²) in [6.07, 6.45) is 6.89. The third kappa shape index (κ3) is 1.51. The van der Waals surface area contributed by atoms with Crippen LogP contribution in [0.15, 0.2) is 0 Å². The van der Waals surface area contributed by atoms with E-state index in [2.05, 4.69) is 6.92 Å². The average Bonchev–Trinajstić information content (AvgIpc) is 2.58. The van der Waals surface area contributed by atoms with E-state index in [1.165, 1.54) is 32.8 Å². The molecule has 5 fully saturated rings. The molecule has 0 spiro atoms. The molecule has 5 nitrogen and oxygen atoms in total. The van der Waals surface area contributed by atoms with Crippen LogP contribution >= 0.6 is 0 Å². The topological polar surface area (TPSA) is 48.0 Å². The maximum absolute atomic E-state index is 12.0. The van der Waals surface area contributed by atoms with Crippen molar-refractivity contribution in [2.24, 2.45) is 17.8 Å². The van der Waals surface area contributed by atoms with Gasteiger partial charge in [-0.2, -0.15) is 0 Å². The minimum Gasteiger partial charge on any atom is -0.467 e. The van der Waals surface area contributed by atoms with E-state index in [1.54, 1.807) is 5.23 Å². The maximum Gasteiger partial charge on any atom is 0.337 e. The summed E-state index contributed by atoms with van der Waals surface area (Å²) in [6.45, 7) is 2.23. The molecule has 5 aliphatic rings. The average molecular weight is 281 g/mol. The highest BCUT2D eigenvalue weighted by Crippen LogP contribution is 2.58. The lowest BCUT2D eigenvalue weighted by Crippen LogP contribution is -2.59. The molecule has 0 N–H and O–H groups in total. The maximum atomic E-state index is 12.0. The zero-order chi connectivity index (χ0) is 13.9. The molecule has 0 aromatic rings. The van der Waals surface area contributed by atoms with Crippen LogP contribution in [0.3, 0.4) is 0 Å². The minimum absolute atomic E-state index is 0.170. The first-order chi connectivity index (χ1) is 9.66. The number of nitrogens with zero attached hydrogens (tertiary/aromatic N) is 1. The standard InChI is InChI=1S/C15H23NO4/c1-15-10-6-4-3-5-9(10)12-8-7-11(15)13(14(17)18-2)20-16(15)19-12/h9-13H,3-8H2,1-2H3/t9-,10-,11-,12-,13+,15-/m0/s1. The van der Waals surface area contributed by atoms with Gasteiger partial charge in [0.1, 0.15) is 0 Å². The van der Waals surface area contributed by atoms with Crippen molar-refractivity contribution in [1.82, 2.24) is 5.23 Å². The van der Waals surface area contributed by atoms with Gasteiger partial charge >= 0.3 is 5.97 Å². The molecule has 3 saturated heterocycles. The lowest BCUT2D eigenvalue weighted by atomic mass is 9.64. The molecule has 5 heteroatoms. The summed E-state index contributed by atoms with van der Waals surface area (Å²) in [5.41, 5.74) is -0.170. The first kappa shape index (κ1) is 13.0. The number of methoxy groups -OCH3 is 1. The van der Waals surface area contributed by atoms with Crippen molar-refractivity contribution in [1.29, 1.82) is 0 Å². The van der Waals surface area contributed by atoms with E-state index in [0.29, 0.717) is 11.8 Å². The quantitative estimate of drug-likeness (QED) is 0.689. The summed E-state index contributed by atoms with van der Waals surface area (Å²) in [5, 5.41) is 1.68. The van der Waals surface area contributed by atoms with Crippen LogP contribution in [0.1, 0.15) is 45.4 Å². The monoisotopic (exact) mass is 281 g/mol. The molecule has 0 aromatic heterocycles. The predicted octanol–water partition coefficient (Wildman–Crippen LogP) is 2.06. The van der Waals surface area contributed by atoms with Gasteiger partial charge in [0.2, 0.25) is 0 Å². The molecule has 0 aromatic carbocycles. The molecule has 5 rings (SSSR count). The van der Waals surface area contributed by atoms with Crippen LogP contribution in [0.4, 0.5) is 0 Å². The smallest absolute Gasteiger partial charge is 0.337 e. The fourth-order valence-corrected chi connectivity index (χ4v) is 5.19. The fraction of sp³-hybridized carbons (Fsp3) is 0.933. The first-order valence-electron chi connectivity index (χ1n) is 7.88. The van der Waals surface area contributed by atoms with Gasteiger partial charge in [0, 0.05) is 5.92 Å². The Labute approximate surface area is 119 Å². The lowest BCUT2D eigenvalue weighted by Gasteiger charge is -2.51. The van der Waals surface area contributed by atoms with Crippen molar-refractivity contribution in [3.63, 3.8) is 0 Å². The highest BCUT2D eigenvalue weighted by molar-refractivity contribution is 5.75. The predicted molar refractivity (Wildman–Crippen MR) is 70.2 cm³/mol. The van der Waals surface area contributed by atoms with E-state index in [0.717, 1.165) is 12.8 Å². The molecule has 1 unspecified atom stereocenters. The van der Waals surface area contributed by atoms with Crippen LogP contribution in [0.5, 0.6) is 0 Å². The second-order valence-corrected chi connectivity index (χ2v) is 6.91. The van der Waals surface area contributed by atoms with Crippen LogP contribution in [-0.4, -0.2) is 36.1 Å². The Balaban J connectivity index is 1.73. The summed E-state index contributed by atoms with van der Waals surface area (Å²) < 4.78 is 4.92. The van der Waals surface area contributed by atoms with Gasteiger partial charge in [-0.1, -0.05) is 18.1 Å². The van der Waals surface area contributed by atoms with Crippen molar-refractivity contribution >= 4 is 5.97 Å². The molecule has 0 radical (unpaired) electrons. The Morgan fingerprint density at radius 1 is 1.15 bits per heavy atom. The van der Waals surface area contributed by atoms with Crippen molar-refractivity contribution < 1.29 is 19.2 Å². The zero-order valence-electron chi connectivity index (χ0n) is 12.2. The van der Waals surface area contributed by atoms with Crippen molar-refractivity contribution in [3.8, 4) is 0 Å². The first-order valence-corrected chi connectivity index (χ1v) is 7.88. The molecule has 3 heterocycles. The second kappa shape index (κ2) is 4.42. The normalized spacial score (nSPS) is 53.3. The Morgan fingerprint density at radius 3 is 2.75 bits per heavy atom. The molecule has 2 saturated carbocycles. The van der Waals surface area contributed by atoms with Gasteiger partial charge in [-0.25, -0.2) is 4.79 Å². The van der Waals surface area contributed by atoms with Gasteiger partial charge in [0.05, 0.1) is 18.8 Å². The molecule has 112 valence electrons. The molecular weight excluding hydrogens is 258 g/mol. The highest BCUT2D eigenvalue weighted by atomic mass is 17.0. The number of hydroxylamine groups is 2. The molecule has 2 aliphatic carbocycles. The molecule has 4 bridgehead atoms. The summed E-state index contributed by atoms with van der Waals surface area (Å²) in [4.78, 5) is 24.0. The number of esters is 1. The van der Waals surface area contributed by atoms with E-state index in [1.807, 2.05) is 0 Å². The van der Waals surface area contributed by atoms with Crippen molar-refractivity contribution in [2.45, 2.75) is 63.2 Å². The number of carbonyl (C=O) groups is 1. The summed E-state index contributed by atoms with van der Waals surface area (Å²) in [6, 6.07) is 0. The number of carbonyl (C=O) groups excluding carboxylic acids is 1. The Bertz CT molecular complexity index is 428. The third-order valence-electron chi connectivity index (χ3n) is 6.19. The van der Waals surface area contributed by atoms with Gasteiger partial charge in [-0.3, -0.25) is 9.68 Å². The van der Waals surface area contributed by atoms with Crippen LogP contribution in [0.25, 0.3) is 0 Å². The highest BCUT2D eigenvalue weighted by Gasteiger charge is 2.66. The van der Waals surface area contributed by atoms with Gasteiger partial charge in [0.25, 0.3) is 0 Å². The Morgan fingerprint density at radius 2 is 1.95 bits per heavy atom. The van der Waals surface area contributed by atoms with Crippen molar-refractivity contribution in [3.05, 3.63) is 0 Å². The summed E-state index contributed by atoms with van der Waals surface area (Å²) in [5.74, 6) is 1.14. The second-order valence-electron chi connectivity index (χ2n) is 6.91. The van der Waals surface area contributed by atoms with E-state index >= 15 is 0 Å². The number of hydrogen-bond donors (Lipinski definition) is 0. The van der Waals surface area contributed by atoms with Gasteiger partial charge < -0.3 is 4.74 Å². The minimum atomic E-state index is -0.494. The SMILES string of the molecule is COC(=O)[C@@H]1ON2O[C@H]3CC[C@@H]1[C@]2(C)[C@H]1CCCC[C@H]31. The van der Waals surface area contributed by atoms with E-state index in [4.69, 9.17) is 14.4 Å². The summed E-state index contributed by atoms with van der Waals surface area (Å²) >= 11 is 0. The third-order valence-corrected chi connectivity index (χ3v) is 6.19. The number of rotatable bonds is 1. The fourth-order valence-electron chi connectivity index (χ4n) is 5.19. The molecule has 3 aliphatic heterocycles. The number of hydrogen-bond acceptors (Lipinski definition) is 5. The Kier molecular flexibility index (Phi) is 2.88. The summed E-state index contributed by atoms with van der Waals surface area (Å²) in [7, 11) is 1.43. The van der Waals surface area contributed by atoms with Crippen LogP contribution in [0, 0.1) is 17.8 Å².